The molecule has 0 saturated carbocycles. The highest BCUT2D eigenvalue weighted by atomic mass is 16.5. The molecule has 0 rings (SSSR count). The number of esters is 1. The van der Waals surface area contributed by atoms with Crippen molar-refractivity contribution >= 4 is 11.9 Å². The second kappa shape index (κ2) is 38.3. The summed E-state index contributed by atoms with van der Waals surface area (Å²) in [5.41, 5.74) is 0. The third-order valence-corrected chi connectivity index (χ3v) is 8.76. The standard InChI is InChI=1S/C43H76O4/c1-3-5-7-9-11-13-14-15-16-17-18-19-20-21-22-24-26-32-36-40-43(46)47-41(37-33-29-25-23-12-10-8-6-4-2)38-34-30-27-28-31-35-39-42(44)45/h11,13,15-16,23,25,33,37,41H,3-10,12,14,17-22,24,26-32,34-36,38-40H2,1-2H3,(H,44,45)/b13-11-,16-15-,25-23-,37-33-. The van der Waals surface area contributed by atoms with Gasteiger partial charge in [0.1, 0.15) is 6.10 Å². The Balaban J connectivity index is 4.04. The largest absolute Gasteiger partial charge is 0.481 e. The van der Waals surface area contributed by atoms with Crippen LogP contribution in [0.4, 0.5) is 0 Å². The lowest BCUT2D eigenvalue weighted by atomic mass is 10.0. The summed E-state index contributed by atoms with van der Waals surface area (Å²) in [5.74, 6) is -0.762. The number of unbranched alkanes of at least 4 members (excludes halogenated alkanes) is 21. The number of carboxylic acids is 1. The van der Waals surface area contributed by atoms with E-state index in [1.807, 2.05) is 0 Å². The van der Waals surface area contributed by atoms with Crippen LogP contribution in [0.25, 0.3) is 0 Å². The maximum Gasteiger partial charge on any atom is 0.306 e. The van der Waals surface area contributed by atoms with Crippen molar-refractivity contribution in [3.63, 3.8) is 0 Å². The van der Waals surface area contributed by atoms with Crippen molar-refractivity contribution < 1.29 is 19.4 Å². The quantitative estimate of drug-likeness (QED) is 0.0414. The third kappa shape index (κ3) is 38.2. The molecule has 0 aliphatic carbocycles. The Hall–Kier alpha value is -2.10. The first kappa shape index (κ1) is 44.9. The smallest absolute Gasteiger partial charge is 0.306 e. The molecular formula is C43H76O4. The van der Waals surface area contributed by atoms with Crippen LogP contribution in [-0.4, -0.2) is 23.1 Å². The lowest BCUT2D eigenvalue weighted by Crippen LogP contribution is -2.16. The molecule has 0 heterocycles. The van der Waals surface area contributed by atoms with E-state index in [0.29, 0.717) is 6.42 Å². The number of carbonyl (C=O) groups excluding carboxylic acids is 1. The molecule has 0 saturated heterocycles. The predicted octanol–water partition coefficient (Wildman–Crippen LogP) is 14.0. The molecule has 0 aromatic rings. The fraction of sp³-hybridized carbons (Fsp3) is 0.767. The van der Waals surface area contributed by atoms with Crippen molar-refractivity contribution in [1.29, 1.82) is 0 Å². The van der Waals surface area contributed by atoms with Crippen molar-refractivity contribution in [1.82, 2.24) is 0 Å². The minimum Gasteiger partial charge on any atom is -0.481 e. The molecule has 1 N–H and O–H groups in total. The summed E-state index contributed by atoms with van der Waals surface area (Å²) < 4.78 is 5.91. The van der Waals surface area contributed by atoms with Gasteiger partial charge in [0, 0.05) is 12.8 Å². The second-order valence-corrected chi connectivity index (χ2v) is 13.5. The fourth-order valence-electron chi connectivity index (χ4n) is 5.75. The lowest BCUT2D eigenvalue weighted by Gasteiger charge is -2.14. The van der Waals surface area contributed by atoms with Gasteiger partial charge in [-0.05, 0) is 83.1 Å². The summed E-state index contributed by atoms with van der Waals surface area (Å²) in [4.78, 5) is 23.3. The maximum atomic E-state index is 12.6. The molecular weight excluding hydrogens is 580 g/mol. The first-order valence-electron chi connectivity index (χ1n) is 20.1. The van der Waals surface area contributed by atoms with E-state index in [4.69, 9.17) is 9.84 Å². The average molecular weight is 657 g/mol. The molecule has 4 heteroatoms. The SMILES string of the molecule is CCCCC/C=C\C/C=C\CCCCCCCCCCCC(=O)OC(/C=C\C/C=C\CCCCCC)CCCCCCCCC(=O)O. The van der Waals surface area contributed by atoms with E-state index >= 15 is 0 Å². The molecule has 0 aromatic carbocycles. The van der Waals surface area contributed by atoms with Crippen molar-refractivity contribution in [2.24, 2.45) is 0 Å². The van der Waals surface area contributed by atoms with E-state index in [2.05, 4.69) is 62.5 Å². The number of carboxylic acid groups (broad SMARTS) is 1. The van der Waals surface area contributed by atoms with Crippen LogP contribution in [-0.2, 0) is 14.3 Å². The molecule has 4 nitrogen and oxygen atoms in total. The van der Waals surface area contributed by atoms with Crippen LogP contribution >= 0.6 is 0 Å². The number of hydrogen-bond acceptors (Lipinski definition) is 3. The summed E-state index contributed by atoms with van der Waals surface area (Å²) in [7, 11) is 0. The average Bonchev–Trinajstić information content (AvgIpc) is 3.05. The van der Waals surface area contributed by atoms with Gasteiger partial charge < -0.3 is 9.84 Å². The Kier molecular flexibility index (Phi) is 36.6. The minimum absolute atomic E-state index is 0.0585. The molecule has 0 aliphatic heterocycles. The molecule has 0 radical (unpaired) electrons. The highest BCUT2D eigenvalue weighted by molar-refractivity contribution is 5.69. The van der Waals surface area contributed by atoms with Gasteiger partial charge >= 0.3 is 11.9 Å². The van der Waals surface area contributed by atoms with Crippen molar-refractivity contribution in [2.75, 3.05) is 0 Å². The van der Waals surface area contributed by atoms with E-state index < -0.39 is 5.97 Å². The Morgan fingerprint density at radius 1 is 0.489 bits per heavy atom. The Bertz CT molecular complexity index is 794. The molecule has 1 unspecified atom stereocenters. The van der Waals surface area contributed by atoms with Gasteiger partial charge in [0.05, 0.1) is 0 Å². The highest BCUT2D eigenvalue weighted by Crippen LogP contribution is 2.16. The summed E-state index contributed by atoms with van der Waals surface area (Å²) in [6.07, 6.45) is 51.5. The van der Waals surface area contributed by atoms with Crippen LogP contribution in [0.5, 0.6) is 0 Å². The number of ether oxygens (including phenoxy) is 1. The topological polar surface area (TPSA) is 63.6 Å². The zero-order valence-corrected chi connectivity index (χ0v) is 31.1. The number of hydrogen-bond donors (Lipinski definition) is 1. The van der Waals surface area contributed by atoms with Crippen LogP contribution in [0.2, 0.25) is 0 Å². The second-order valence-electron chi connectivity index (χ2n) is 13.5. The van der Waals surface area contributed by atoms with Crippen LogP contribution in [0, 0.1) is 0 Å². The normalized spacial score (nSPS) is 12.7. The monoisotopic (exact) mass is 657 g/mol. The molecule has 0 aromatic heterocycles. The molecule has 0 spiro atoms. The van der Waals surface area contributed by atoms with E-state index in [0.717, 1.165) is 77.0 Å². The summed E-state index contributed by atoms with van der Waals surface area (Å²) in [6.45, 7) is 4.50. The number of allylic oxidation sites excluding steroid dienone is 7. The summed E-state index contributed by atoms with van der Waals surface area (Å²) in [5, 5.41) is 8.78. The van der Waals surface area contributed by atoms with Gasteiger partial charge in [0.25, 0.3) is 0 Å². The molecule has 0 aliphatic rings. The number of carbonyl (C=O) groups is 2. The molecule has 272 valence electrons. The van der Waals surface area contributed by atoms with Gasteiger partial charge in [0.2, 0.25) is 0 Å². The van der Waals surface area contributed by atoms with Gasteiger partial charge in [-0.15, -0.1) is 0 Å². The molecule has 0 amide bonds. The van der Waals surface area contributed by atoms with E-state index in [-0.39, 0.29) is 18.5 Å². The first-order valence-corrected chi connectivity index (χ1v) is 20.1. The van der Waals surface area contributed by atoms with Crippen molar-refractivity contribution in [3.05, 3.63) is 48.6 Å². The predicted molar refractivity (Wildman–Crippen MR) is 204 cm³/mol. The van der Waals surface area contributed by atoms with Gasteiger partial charge in [-0.3, -0.25) is 9.59 Å². The summed E-state index contributed by atoms with van der Waals surface area (Å²) >= 11 is 0. The van der Waals surface area contributed by atoms with Crippen molar-refractivity contribution in [3.8, 4) is 0 Å². The van der Waals surface area contributed by atoms with E-state index in [9.17, 15) is 9.59 Å². The lowest BCUT2D eigenvalue weighted by molar-refractivity contribution is -0.147. The van der Waals surface area contributed by atoms with Crippen LogP contribution in [0.3, 0.4) is 0 Å². The van der Waals surface area contributed by atoms with E-state index in [1.54, 1.807) is 0 Å². The minimum atomic E-state index is -0.704. The molecule has 0 fully saturated rings. The zero-order valence-electron chi connectivity index (χ0n) is 31.1. The number of rotatable bonds is 36. The van der Waals surface area contributed by atoms with Crippen LogP contribution in [0.15, 0.2) is 48.6 Å². The summed E-state index contributed by atoms with van der Waals surface area (Å²) in [6, 6.07) is 0. The molecule has 47 heavy (non-hydrogen) atoms. The third-order valence-electron chi connectivity index (χ3n) is 8.76. The van der Waals surface area contributed by atoms with Gasteiger partial charge in [-0.2, -0.15) is 0 Å². The van der Waals surface area contributed by atoms with Crippen LogP contribution < -0.4 is 0 Å². The Labute approximate surface area is 292 Å². The maximum absolute atomic E-state index is 12.6. The zero-order chi connectivity index (χ0) is 34.3. The van der Waals surface area contributed by atoms with Gasteiger partial charge in [-0.25, -0.2) is 0 Å². The van der Waals surface area contributed by atoms with Crippen molar-refractivity contribution in [2.45, 2.75) is 213 Å². The fourth-order valence-corrected chi connectivity index (χ4v) is 5.75. The Morgan fingerprint density at radius 3 is 1.43 bits per heavy atom. The molecule has 1 atom stereocenters. The van der Waals surface area contributed by atoms with Gasteiger partial charge in [0.15, 0.2) is 0 Å². The molecule has 0 bridgehead atoms. The van der Waals surface area contributed by atoms with Gasteiger partial charge in [-0.1, -0.05) is 159 Å². The first-order chi connectivity index (χ1) is 23.1. The highest BCUT2D eigenvalue weighted by Gasteiger charge is 2.11. The Morgan fingerprint density at radius 2 is 0.894 bits per heavy atom. The van der Waals surface area contributed by atoms with Crippen LogP contribution in [0.1, 0.15) is 206 Å². The van der Waals surface area contributed by atoms with E-state index in [1.165, 1.54) is 103 Å². The number of aliphatic carboxylic acids is 1.